The van der Waals surface area contributed by atoms with Crippen molar-refractivity contribution in [3.8, 4) is 11.4 Å². The Labute approximate surface area is 204 Å². The fraction of sp³-hybridized carbons (Fsp3) is 0.115. The largest absolute Gasteiger partial charge is 0.372 e. The number of halogens is 2. The number of rotatable bonds is 7. The summed E-state index contributed by atoms with van der Waals surface area (Å²) in [5, 5.41) is 13.0. The summed E-state index contributed by atoms with van der Waals surface area (Å²) in [7, 11) is 0. The zero-order valence-electron chi connectivity index (χ0n) is 19.1. The third-order valence-corrected chi connectivity index (χ3v) is 5.51. The van der Waals surface area contributed by atoms with Crippen LogP contribution >= 0.6 is 0 Å². The van der Waals surface area contributed by atoms with Gasteiger partial charge in [0, 0.05) is 16.8 Å². The van der Waals surface area contributed by atoms with E-state index < -0.39 is 17.5 Å². The van der Waals surface area contributed by atoms with Crippen molar-refractivity contribution in [3.05, 3.63) is 101 Å². The van der Waals surface area contributed by atoms with Crippen LogP contribution in [-0.2, 0) is 18.0 Å². The SMILES string of the molecule is Cc1nc(-c2ccc(F)c(C(=O)Nc3ccc(COCc4ccccc4)c(F)c3)c2)nc2n[nH]nc12. The molecule has 0 unspecified atom stereocenters. The number of nitrogens with one attached hydrogen (secondary N) is 2. The van der Waals surface area contributed by atoms with Crippen molar-refractivity contribution >= 4 is 22.8 Å². The summed E-state index contributed by atoms with van der Waals surface area (Å²) < 4.78 is 34.7. The first-order valence-corrected chi connectivity index (χ1v) is 11.0. The van der Waals surface area contributed by atoms with Gasteiger partial charge in [0.1, 0.15) is 11.6 Å². The molecule has 5 aromatic rings. The van der Waals surface area contributed by atoms with Gasteiger partial charge in [-0.05, 0) is 42.8 Å². The van der Waals surface area contributed by atoms with E-state index in [0.717, 1.165) is 11.6 Å². The van der Waals surface area contributed by atoms with Gasteiger partial charge < -0.3 is 10.1 Å². The van der Waals surface area contributed by atoms with Gasteiger partial charge in [-0.2, -0.15) is 10.3 Å². The molecule has 0 aliphatic carbocycles. The van der Waals surface area contributed by atoms with E-state index in [2.05, 4.69) is 30.7 Å². The standard InChI is InChI=1S/C26H20F2N6O2/c1-15-23-25(33-34-32-23)31-24(29-15)17-8-10-21(27)20(11-17)26(35)30-19-9-7-18(22(28)12-19)14-36-13-16-5-3-2-4-6-16/h2-12H,13-14H2,1H3,(H,30,35)(H,29,31,32,33,34). The molecule has 0 saturated heterocycles. The lowest BCUT2D eigenvalue weighted by molar-refractivity contribution is 0.102. The third kappa shape index (κ3) is 4.93. The number of nitrogens with zero attached hydrogens (tertiary/aromatic N) is 4. The van der Waals surface area contributed by atoms with Gasteiger partial charge in [-0.25, -0.2) is 18.7 Å². The number of carbonyl (C=O) groups is 1. The lowest BCUT2D eigenvalue weighted by Crippen LogP contribution is -2.14. The first-order chi connectivity index (χ1) is 17.5. The molecule has 0 aliphatic heterocycles. The summed E-state index contributed by atoms with van der Waals surface area (Å²) in [6.07, 6.45) is 0. The number of hydrogen-bond acceptors (Lipinski definition) is 6. The molecule has 180 valence electrons. The van der Waals surface area contributed by atoms with Crippen LogP contribution in [0.4, 0.5) is 14.5 Å². The molecular formula is C26H20F2N6O2. The lowest BCUT2D eigenvalue weighted by atomic mass is 10.1. The normalized spacial score (nSPS) is 11.1. The molecule has 0 spiro atoms. The van der Waals surface area contributed by atoms with E-state index in [1.54, 1.807) is 6.92 Å². The Bertz CT molecular complexity index is 1560. The number of H-pyrrole nitrogens is 1. The van der Waals surface area contributed by atoms with Crippen LogP contribution in [0.5, 0.6) is 0 Å². The highest BCUT2D eigenvalue weighted by molar-refractivity contribution is 6.05. The number of aromatic amines is 1. The molecule has 0 fully saturated rings. The van der Waals surface area contributed by atoms with E-state index in [1.165, 1.54) is 30.3 Å². The molecule has 0 aliphatic rings. The maximum Gasteiger partial charge on any atom is 0.258 e. The summed E-state index contributed by atoms with van der Waals surface area (Å²) in [5.74, 6) is -1.74. The van der Waals surface area contributed by atoms with Crippen LogP contribution < -0.4 is 5.32 Å². The molecule has 2 aromatic heterocycles. The van der Waals surface area contributed by atoms with Crippen LogP contribution in [-0.4, -0.2) is 31.3 Å². The van der Waals surface area contributed by atoms with Crippen molar-refractivity contribution in [1.82, 2.24) is 25.4 Å². The van der Waals surface area contributed by atoms with Crippen molar-refractivity contribution in [3.63, 3.8) is 0 Å². The van der Waals surface area contributed by atoms with Crippen molar-refractivity contribution < 1.29 is 18.3 Å². The maximum atomic E-state index is 14.6. The highest BCUT2D eigenvalue weighted by Gasteiger charge is 2.17. The van der Waals surface area contributed by atoms with Crippen molar-refractivity contribution in [1.29, 1.82) is 0 Å². The second-order valence-corrected chi connectivity index (χ2v) is 8.06. The smallest absolute Gasteiger partial charge is 0.258 e. The van der Waals surface area contributed by atoms with Gasteiger partial charge >= 0.3 is 0 Å². The quantitative estimate of drug-likeness (QED) is 0.337. The Morgan fingerprint density at radius 2 is 1.78 bits per heavy atom. The average Bonchev–Trinajstić information content (AvgIpc) is 3.36. The van der Waals surface area contributed by atoms with E-state index >= 15 is 0 Å². The van der Waals surface area contributed by atoms with E-state index in [1.807, 2.05) is 30.3 Å². The highest BCUT2D eigenvalue weighted by Crippen LogP contribution is 2.23. The van der Waals surface area contributed by atoms with Gasteiger partial charge in [0.25, 0.3) is 5.91 Å². The fourth-order valence-electron chi connectivity index (χ4n) is 3.64. The summed E-state index contributed by atoms with van der Waals surface area (Å²) in [5.41, 5.74) is 3.16. The van der Waals surface area contributed by atoms with Gasteiger partial charge in [0.15, 0.2) is 11.3 Å². The van der Waals surface area contributed by atoms with Crippen molar-refractivity contribution in [2.24, 2.45) is 0 Å². The van der Waals surface area contributed by atoms with Gasteiger partial charge in [-0.1, -0.05) is 36.4 Å². The fourth-order valence-corrected chi connectivity index (χ4v) is 3.64. The van der Waals surface area contributed by atoms with Crippen molar-refractivity contribution in [2.45, 2.75) is 20.1 Å². The number of aromatic nitrogens is 5. The highest BCUT2D eigenvalue weighted by atomic mass is 19.1. The molecule has 3 aromatic carbocycles. The average molecular weight is 486 g/mol. The monoisotopic (exact) mass is 486 g/mol. The Hall–Kier alpha value is -4.57. The van der Waals surface area contributed by atoms with Crippen LogP contribution in [0.1, 0.15) is 27.2 Å². The molecule has 10 heteroatoms. The van der Waals surface area contributed by atoms with E-state index in [-0.39, 0.29) is 23.7 Å². The Kier molecular flexibility index (Phi) is 6.42. The summed E-state index contributed by atoms with van der Waals surface area (Å²) >= 11 is 0. The van der Waals surface area contributed by atoms with Crippen LogP contribution in [0.2, 0.25) is 0 Å². The topological polar surface area (TPSA) is 106 Å². The molecule has 0 radical (unpaired) electrons. The third-order valence-electron chi connectivity index (χ3n) is 5.51. The molecular weight excluding hydrogens is 466 g/mol. The Morgan fingerprint density at radius 1 is 0.944 bits per heavy atom. The number of hydrogen-bond donors (Lipinski definition) is 2. The zero-order chi connectivity index (χ0) is 25.1. The van der Waals surface area contributed by atoms with Crippen molar-refractivity contribution in [2.75, 3.05) is 5.32 Å². The summed E-state index contributed by atoms with van der Waals surface area (Å²) in [4.78, 5) is 21.5. The maximum absolute atomic E-state index is 14.6. The molecule has 2 heterocycles. The Balaban J connectivity index is 1.30. The predicted molar refractivity (Wildman–Crippen MR) is 129 cm³/mol. The summed E-state index contributed by atoms with van der Waals surface area (Å²) in [6, 6.07) is 17.7. The van der Waals surface area contributed by atoms with Crippen LogP contribution in [0.3, 0.4) is 0 Å². The number of amides is 1. The minimum absolute atomic E-state index is 0.0703. The molecule has 0 saturated carbocycles. The van der Waals surface area contributed by atoms with E-state index in [0.29, 0.717) is 34.6 Å². The Morgan fingerprint density at radius 3 is 2.58 bits per heavy atom. The zero-order valence-corrected chi connectivity index (χ0v) is 19.1. The minimum atomic E-state index is -0.735. The minimum Gasteiger partial charge on any atom is -0.372 e. The number of benzene rings is 3. The van der Waals surface area contributed by atoms with Crippen LogP contribution in [0.15, 0.2) is 66.7 Å². The molecule has 0 atom stereocenters. The second kappa shape index (κ2) is 9.96. The molecule has 36 heavy (non-hydrogen) atoms. The molecule has 0 bridgehead atoms. The molecule has 5 rings (SSSR count). The first kappa shape index (κ1) is 23.2. The number of fused-ring (bicyclic) bond motifs is 1. The van der Waals surface area contributed by atoms with Crippen LogP contribution in [0.25, 0.3) is 22.6 Å². The van der Waals surface area contributed by atoms with E-state index in [4.69, 9.17) is 4.74 Å². The first-order valence-electron chi connectivity index (χ1n) is 11.0. The van der Waals surface area contributed by atoms with Gasteiger partial charge in [-0.3, -0.25) is 4.79 Å². The molecule has 8 nitrogen and oxygen atoms in total. The van der Waals surface area contributed by atoms with Crippen LogP contribution in [0, 0.1) is 18.6 Å². The van der Waals surface area contributed by atoms with E-state index in [9.17, 15) is 13.6 Å². The molecule has 2 N–H and O–H groups in total. The van der Waals surface area contributed by atoms with Gasteiger partial charge in [0.2, 0.25) is 5.65 Å². The van der Waals surface area contributed by atoms with Gasteiger partial charge in [-0.15, -0.1) is 5.10 Å². The number of carbonyl (C=O) groups excluding carboxylic acids is 1. The summed E-state index contributed by atoms with van der Waals surface area (Å²) in [6.45, 7) is 2.17. The predicted octanol–water partition coefficient (Wildman–Crippen LogP) is 4.97. The van der Waals surface area contributed by atoms with Gasteiger partial charge in [0.05, 0.1) is 24.5 Å². The number of aryl methyl sites for hydroxylation is 1. The second-order valence-electron chi connectivity index (χ2n) is 8.06. The number of ether oxygens (including phenoxy) is 1. The lowest BCUT2D eigenvalue weighted by Gasteiger charge is -2.10. The molecule has 1 amide bonds. The number of anilines is 1.